The van der Waals surface area contributed by atoms with Gasteiger partial charge in [0.1, 0.15) is 5.75 Å². The van der Waals surface area contributed by atoms with Crippen LogP contribution in [0, 0.1) is 0 Å². The molecule has 0 bridgehead atoms. The summed E-state index contributed by atoms with van der Waals surface area (Å²) >= 11 is 1.34. The Labute approximate surface area is 173 Å². The molecule has 0 aliphatic heterocycles. The van der Waals surface area contributed by atoms with Crippen LogP contribution in [0.1, 0.15) is 18.2 Å². The predicted molar refractivity (Wildman–Crippen MR) is 115 cm³/mol. The summed E-state index contributed by atoms with van der Waals surface area (Å²) in [6.45, 7) is 1.86. The molecule has 1 aromatic heterocycles. The van der Waals surface area contributed by atoms with Crippen molar-refractivity contribution in [1.82, 2.24) is 10.3 Å². The van der Waals surface area contributed by atoms with Crippen molar-refractivity contribution in [2.75, 3.05) is 12.0 Å². The minimum absolute atomic E-state index is 0.129. The Hall–Kier alpha value is -3.45. The zero-order chi connectivity index (χ0) is 20.6. The number of methoxy groups -OCH3 is 1. The van der Waals surface area contributed by atoms with Crippen LogP contribution in [0.5, 0.6) is 5.75 Å². The van der Waals surface area contributed by atoms with Gasteiger partial charge in [-0.15, -0.1) is 11.3 Å². The van der Waals surface area contributed by atoms with Crippen molar-refractivity contribution >= 4 is 40.0 Å². The molecule has 2 amide bonds. The zero-order valence-corrected chi connectivity index (χ0v) is 17.0. The molecule has 0 radical (unpaired) electrons. The number of ether oxygens (including phenoxy) is 1. The van der Waals surface area contributed by atoms with Crippen molar-refractivity contribution in [3.8, 4) is 5.75 Å². The first-order valence-corrected chi connectivity index (χ1v) is 9.85. The van der Waals surface area contributed by atoms with E-state index in [9.17, 15) is 9.59 Å². The summed E-state index contributed by atoms with van der Waals surface area (Å²) in [5.41, 5.74) is 2.26. The fourth-order valence-corrected chi connectivity index (χ4v) is 3.57. The summed E-state index contributed by atoms with van der Waals surface area (Å²) < 4.78 is 5.28. The Morgan fingerprint density at radius 2 is 1.86 bits per heavy atom. The number of thiazole rings is 1. The van der Waals surface area contributed by atoms with Crippen LogP contribution in [-0.4, -0.2) is 23.9 Å². The SMILES string of the molecule is COc1ccccc1CNC(=O)/C=C/c1csc(N(C(C)=O)c2ccccc2)n1. The third-order valence-corrected chi connectivity index (χ3v) is 4.93. The summed E-state index contributed by atoms with van der Waals surface area (Å²) in [5, 5.41) is 5.18. The number of amides is 2. The first-order valence-electron chi connectivity index (χ1n) is 8.97. The normalized spacial score (nSPS) is 10.7. The Morgan fingerprint density at radius 3 is 2.59 bits per heavy atom. The van der Waals surface area contributed by atoms with E-state index in [2.05, 4.69) is 10.3 Å². The topological polar surface area (TPSA) is 71.5 Å². The maximum Gasteiger partial charge on any atom is 0.244 e. The van der Waals surface area contributed by atoms with E-state index in [0.717, 1.165) is 17.0 Å². The molecule has 29 heavy (non-hydrogen) atoms. The van der Waals surface area contributed by atoms with Gasteiger partial charge >= 0.3 is 0 Å². The average molecular weight is 407 g/mol. The molecule has 3 aromatic rings. The van der Waals surface area contributed by atoms with Crippen molar-refractivity contribution in [2.24, 2.45) is 0 Å². The molecule has 1 N–H and O–H groups in total. The van der Waals surface area contributed by atoms with Gasteiger partial charge in [-0.1, -0.05) is 36.4 Å². The highest BCUT2D eigenvalue weighted by Crippen LogP contribution is 2.29. The van der Waals surface area contributed by atoms with Crippen molar-refractivity contribution in [1.29, 1.82) is 0 Å². The van der Waals surface area contributed by atoms with Gasteiger partial charge in [0.2, 0.25) is 11.8 Å². The van der Waals surface area contributed by atoms with E-state index in [1.807, 2.05) is 54.6 Å². The number of nitrogens with one attached hydrogen (secondary N) is 1. The summed E-state index contributed by atoms with van der Waals surface area (Å²) in [6, 6.07) is 16.8. The van der Waals surface area contributed by atoms with E-state index in [0.29, 0.717) is 17.4 Å². The molecular formula is C22H21N3O3S. The van der Waals surface area contributed by atoms with Crippen LogP contribution in [0.3, 0.4) is 0 Å². The molecule has 0 fully saturated rings. The summed E-state index contributed by atoms with van der Waals surface area (Å²) in [7, 11) is 1.60. The number of para-hydroxylation sites is 2. The molecule has 0 atom stereocenters. The minimum Gasteiger partial charge on any atom is -0.496 e. The van der Waals surface area contributed by atoms with Gasteiger partial charge in [-0.3, -0.25) is 14.5 Å². The van der Waals surface area contributed by atoms with Crippen molar-refractivity contribution < 1.29 is 14.3 Å². The van der Waals surface area contributed by atoms with E-state index in [1.54, 1.807) is 23.5 Å². The fraction of sp³-hybridized carbons (Fsp3) is 0.136. The molecule has 0 unspecified atom stereocenters. The molecule has 3 rings (SSSR count). The van der Waals surface area contributed by atoms with E-state index >= 15 is 0 Å². The van der Waals surface area contributed by atoms with Crippen LogP contribution in [0.2, 0.25) is 0 Å². The van der Waals surface area contributed by atoms with Crippen LogP contribution in [0.25, 0.3) is 6.08 Å². The number of carbonyl (C=O) groups excluding carboxylic acids is 2. The second kappa shape index (κ2) is 9.66. The van der Waals surface area contributed by atoms with Gasteiger partial charge in [-0.2, -0.15) is 0 Å². The highest BCUT2D eigenvalue weighted by atomic mass is 32.1. The number of benzene rings is 2. The molecule has 148 valence electrons. The highest BCUT2D eigenvalue weighted by molar-refractivity contribution is 7.14. The number of hydrogen-bond acceptors (Lipinski definition) is 5. The molecular weight excluding hydrogens is 386 g/mol. The fourth-order valence-electron chi connectivity index (χ4n) is 2.71. The third-order valence-electron chi connectivity index (χ3n) is 4.08. The molecule has 6 nitrogen and oxygen atoms in total. The van der Waals surface area contributed by atoms with Crippen LogP contribution in [-0.2, 0) is 16.1 Å². The van der Waals surface area contributed by atoms with Gasteiger partial charge in [0, 0.05) is 30.5 Å². The van der Waals surface area contributed by atoms with Gasteiger partial charge in [0.15, 0.2) is 5.13 Å². The van der Waals surface area contributed by atoms with Gasteiger partial charge < -0.3 is 10.1 Å². The third kappa shape index (κ3) is 5.30. The van der Waals surface area contributed by atoms with E-state index in [4.69, 9.17) is 4.74 Å². The summed E-state index contributed by atoms with van der Waals surface area (Å²) in [4.78, 5) is 30.2. The predicted octanol–water partition coefficient (Wildman–Crippen LogP) is 4.17. The van der Waals surface area contributed by atoms with Crippen molar-refractivity contribution in [3.05, 3.63) is 77.3 Å². The summed E-state index contributed by atoms with van der Waals surface area (Å²) in [5.74, 6) is 0.360. The standard InChI is InChI=1S/C22H21N3O3S/c1-16(26)25(19-9-4-3-5-10-19)22-24-18(15-29-22)12-13-21(27)23-14-17-8-6-7-11-20(17)28-2/h3-13,15H,14H2,1-2H3,(H,23,27)/b13-12+. The largest absolute Gasteiger partial charge is 0.496 e. The quantitative estimate of drug-likeness (QED) is 0.597. The lowest BCUT2D eigenvalue weighted by molar-refractivity contribution is -0.117. The Morgan fingerprint density at radius 1 is 1.14 bits per heavy atom. The minimum atomic E-state index is -0.239. The van der Waals surface area contributed by atoms with Gasteiger partial charge in [-0.25, -0.2) is 4.98 Å². The van der Waals surface area contributed by atoms with Crippen LogP contribution < -0.4 is 15.0 Å². The van der Waals surface area contributed by atoms with Gasteiger partial charge in [0.05, 0.1) is 18.5 Å². The monoisotopic (exact) mass is 407 g/mol. The molecule has 0 spiro atoms. The molecule has 0 saturated carbocycles. The molecule has 0 aliphatic rings. The summed E-state index contributed by atoms with van der Waals surface area (Å²) in [6.07, 6.45) is 3.05. The Kier molecular flexibility index (Phi) is 6.76. The second-order valence-electron chi connectivity index (χ2n) is 6.11. The van der Waals surface area contributed by atoms with Gasteiger partial charge in [-0.05, 0) is 24.3 Å². The molecule has 0 saturated heterocycles. The second-order valence-corrected chi connectivity index (χ2v) is 6.94. The number of carbonyl (C=O) groups is 2. The number of anilines is 2. The van der Waals surface area contributed by atoms with Gasteiger partial charge in [0.25, 0.3) is 0 Å². The number of hydrogen-bond donors (Lipinski definition) is 1. The van der Waals surface area contributed by atoms with Crippen LogP contribution >= 0.6 is 11.3 Å². The van der Waals surface area contributed by atoms with Crippen LogP contribution in [0.4, 0.5) is 10.8 Å². The van der Waals surface area contributed by atoms with Crippen molar-refractivity contribution in [3.63, 3.8) is 0 Å². The Balaban J connectivity index is 1.65. The molecule has 2 aromatic carbocycles. The number of nitrogens with zero attached hydrogens (tertiary/aromatic N) is 2. The molecule has 1 heterocycles. The van der Waals surface area contributed by atoms with E-state index in [-0.39, 0.29) is 11.8 Å². The lowest BCUT2D eigenvalue weighted by atomic mass is 10.2. The van der Waals surface area contributed by atoms with E-state index in [1.165, 1.54) is 24.3 Å². The Bertz CT molecular complexity index is 1010. The lowest BCUT2D eigenvalue weighted by Gasteiger charge is -2.17. The van der Waals surface area contributed by atoms with E-state index < -0.39 is 0 Å². The van der Waals surface area contributed by atoms with Crippen molar-refractivity contribution in [2.45, 2.75) is 13.5 Å². The maximum atomic E-state index is 12.1. The molecule has 7 heteroatoms. The maximum absolute atomic E-state index is 12.1. The highest BCUT2D eigenvalue weighted by Gasteiger charge is 2.17. The average Bonchev–Trinajstić information content (AvgIpc) is 3.20. The smallest absolute Gasteiger partial charge is 0.244 e. The molecule has 0 aliphatic carbocycles. The zero-order valence-electron chi connectivity index (χ0n) is 16.2. The lowest BCUT2D eigenvalue weighted by Crippen LogP contribution is -2.22. The van der Waals surface area contributed by atoms with Crippen LogP contribution in [0.15, 0.2) is 66.1 Å². The first-order chi connectivity index (χ1) is 14.1. The first kappa shape index (κ1) is 20.3. The number of rotatable bonds is 7. The number of aromatic nitrogens is 1.